The summed E-state index contributed by atoms with van der Waals surface area (Å²) >= 11 is 0. The molecule has 0 radical (unpaired) electrons. The molecule has 2 N–H and O–H groups in total. The summed E-state index contributed by atoms with van der Waals surface area (Å²) in [7, 11) is 0. The Labute approximate surface area is 104 Å². The molecule has 1 saturated heterocycles. The first-order chi connectivity index (χ1) is 8.12. The third-order valence-electron chi connectivity index (χ3n) is 3.84. The van der Waals surface area contributed by atoms with Crippen LogP contribution in [0.4, 0.5) is 0 Å². The monoisotopic (exact) mass is 233 g/mol. The first kappa shape index (κ1) is 12.5. The second-order valence-corrected chi connectivity index (χ2v) is 5.71. The van der Waals surface area contributed by atoms with Crippen molar-refractivity contribution in [3.63, 3.8) is 0 Å². The van der Waals surface area contributed by atoms with Crippen LogP contribution in [0.3, 0.4) is 0 Å². The predicted molar refractivity (Wildman–Crippen MR) is 70.6 cm³/mol. The molecule has 17 heavy (non-hydrogen) atoms. The number of nitrogens with two attached hydrogens (primary N) is 1. The minimum Gasteiger partial charge on any atom is -0.329 e. The molecular formula is C14H23N3. The third-order valence-corrected chi connectivity index (χ3v) is 3.84. The van der Waals surface area contributed by atoms with E-state index in [4.69, 9.17) is 5.73 Å². The molecule has 1 atom stereocenters. The molecule has 2 heterocycles. The highest BCUT2D eigenvalue weighted by Crippen LogP contribution is 2.33. The van der Waals surface area contributed by atoms with Crippen molar-refractivity contribution in [2.45, 2.75) is 32.7 Å². The van der Waals surface area contributed by atoms with Gasteiger partial charge in [-0.2, -0.15) is 0 Å². The van der Waals surface area contributed by atoms with Crippen molar-refractivity contribution in [3.8, 4) is 0 Å². The van der Waals surface area contributed by atoms with Gasteiger partial charge in [0.25, 0.3) is 0 Å². The highest BCUT2D eigenvalue weighted by Gasteiger charge is 2.29. The van der Waals surface area contributed by atoms with Crippen LogP contribution in [-0.2, 0) is 0 Å². The number of hydrogen-bond donors (Lipinski definition) is 1. The van der Waals surface area contributed by atoms with Crippen LogP contribution in [0, 0.1) is 5.41 Å². The molecule has 0 aromatic carbocycles. The van der Waals surface area contributed by atoms with Crippen molar-refractivity contribution in [3.05, 3.63) is 30.1 Å². The van der Waals surface area contributed by atoms with E-state index in [1.807, 2.05) is 18.3 Å². The second-order valence-electron chi connectivity index (χ2n) is 5.71. The van der Waals surface area contributed by atoms with Crippen LogP contribution < -0.4 is 5.73 Å². The van der Waals surface area contributed by atoms with E-state index in [9.17, 15) is 0 Å². The second kappa shape index (κ2) is 5.15. The molecule has 1 aromatic heterocycles. The molecule has 0 spiro atoms. The molecule has 0 bridgehead atoms. The maximum Gasteiger partial charge on any atom is 0.0644 e. The van der Waals surface area contributed by atoms with Crippen molar-refractivity contribution in [2.75, 3.05) is 19.6 Å². The smallest absolute Gasteiger partial charge is 0.0644 e. The van der Waals surface area contributed by atoms with Gasteiger partial charge in [0, 0.05) is 12.7 Å². The van der Waals surface area contributed by atoms with Gasteiger partial charge in [0.1, 0.15) is 0 Å². The standard InChI is InChI=1S/C14H23N3/c1-14(2)6-9-17(10-7-14)13(11-15)12-5-3-4-8-16-12/h3-5,8,13H,6-7,9-11,15H2,1-2H3. The summed E-state index contributed by atoms with van der Waals surface area (Å²) in [5, 5.41) is 0. The molecule has 0 amide bonds. The van der Waals surface area contributed by atoms with Crippen molar-refractivity contribution >= 4 is 0 Å². The van der Waals surface area contributed by atoms with Crippen molar-refractivity contribution in [1.82, 2.24) is 9.88 Å². The zero-order valence-corrected chi connectivity index (χ0v) is 10.9. The Hall–Kier alpha value is -0.930. The maximum absolute atomic E-state index is 5.92. The summed E-state index contributed by atoms with van der Waals surface area (Å²) in [4.78, 5) is 6.92. The number of likely N-dealkylation sites (tertiary alicyclic amines) is 1. The van der Waals surface area contributed by atoms with Crippen molar-refractivity contribution in [1.29, 1.82) is 0 Å². The Morgan fingerprint density at radius 3 is 2.59 bits per heavy atom. The van der Waals surface area contributed by atoms with Gasteiger partial charge in [-0.3, -0.25) is 9.88 Å². The van der Waals surface area contributed by atoms with Crippen LogP contribution in [0.2, 0.25) is 0 Å². The van der Waals surface area contributed by atoms with Crippen LogP contribution in [-0.4, -0.2) is 29.5 Å². The number of hydrogen-bond acceptors (Lipinski definition) is 3. The summed E-state index contributed by atoms with van der Waals surface area (Å²) in [6, 6.07) is 6.36. The van der Waals surface area contributed by atoms with Gasteiger partial charge in [0.2, 0.25) is 0 Å². The number of pyridine rings is 1. The summed E-state index contributed by atoms with van der Waals surface area (Å²) in [5.74, 6) is 0. The lowest BCUT2D eigenvalue weighted by atomic mass is 9.82. The summed E-state index contributed by atoms with van der Waals surface area (Å²) < 4.78 is 0. The molecule has 3 nitrogen and oxygen atoms in total. The van der Waals surface area contributed by atoms with Crippen molar-refractivity contribution in [2.24, 2.45) is 11.1 Å². The van der Waals surface area contributed by atoms with E-state index < -0.39 is 0 Å². The molecule has 0 saturated carbocycles. The third kappa shape index (κ3) is 3.05. The van der Waals surface area contributed by atoms with E-state index in [0.717, 1.165) is 18.8 Å². The zero-order chi connectivity index (χ0) is 12.3. The molecule has 2 rings (SSSR count). The predicted octanol–water partition coefficient (Wildman–Crippen LogP) is 2.20. The van der Waals surface area contributed by atoms with Gasteiger partial charge >= 0.3 is 0 Å². The lowest BCUT2D eigenvalue weighted by molar-refractivity contribution is 0.0947. The van der Waals surface area contributed by atoms with Gasteiger partial charge in [-0.15, -0.1) is 0 Å². The zero-order valence-electron chi connectivity index (χ0n) is 10.9. The Balaban J connectivity index is 2.05. The number of rotatable bonds is 3. The van der Waals surface area contributed by atoms with Crippen LogP contribution >= 0.6 is 0 Å². The minimum absolute atomic E-state index is 0.285. The van der Waals surface area contributed by atoms with E-state index >= 15 is 0 Å². The average Bonchev–Trinajstić information content (AvgIpc) is 2.33. The molecule has 1 aliphatic heterocycles. The van der Waals surface area contributed by atoms with E-state index in [0.29, 0.717) is 12.0 Å². The summed E-state index contributed by atoms with van der Waals surface area (Å²) in [6.07, 6.45) is 4.35. The quantitative estimate of drug-likeness (QED) is 0.870. The van der Waals surface area contributed by atoms with E-state index in [-0.39, 0.29) is 6.04 Å². The first-order valence-electron chi connectivity index (χ1n) is 6.47. The Kier molecular flexibility index (Phi) is 3.79. The normalized spacial score (nSPS) is 22.3. The topological polar surface area (TPSA) is 42.1 Å². The van der Waals surface area contributed by atoms with E-state index in [1.54, 1.807) is 0 Å². The Morgan fingerprint density at radius 1 is 1.35 bits per heavy atom. The largest absolute Gasteiger partial charge is 0.329 e. The van der Waals surface area contributed by atoms with Crippen LogP contribution in [0.25, 0.3) is 0 Å². The number of piperidine rings is 1. The van der Waals surface area contributed by atoms with Gasteiger partial charge in [-0.1, -0.05) is 19.9 Å². The molecule has 3 heteroatoms. The molecule has 1 fully saturated rings. The molecule has 0 aliphatic carbocycles. The molecule has 1 aromatic rings. The van der Waals surface area contributed by atoms with Crippen LogP contribution in [0.1, 0.15) is 38.4 Å². The fourth-order valence-electron chi connectivity index (χ4n) is 2.47. The fraction of sp³-hybridized carbons (Fsp3) is 0.643. The lowest BCUT2D eigenvalue weighted by Gasteiger charge is -2.40. The molecule has 94 valence electrons. The maximum atomic E-state index is 5.92. The first-order valence-corrected chi connectivity index (χ1v) is 6.47. The molecule has 1 unspecified atom stereocenters. The van der Waals surface area contributed by atoms with Gasteiger partial charge in [0.05, 0.1) is 11.7 Å². The highest BCUT2D eigenvalue weighted by atomic mass is 15.2. The van der Waals surface area contributed by atoms with Crippen molar-refractivity contribution < 1.29 is 0 Å². The van der Waals surface area contributed by atoms with E-state index in [1.165, 1.54) is 12.8 Å². The van der Waals surface area contributed by atoms with Gasteiger partial charge in [0.15, 0.2) is 0 Å². The summed E-state index contributed by atoms with van der Waals surface area (Å²) in [5.41, 5.74) is 7.51. The molecule has 1 aliphatic rings. The number of nitrogens with zero attached hydrogens (tertiary/aromatic N) is 2. The fourth-order valence-corrected chi connectivity index (χ4v) is 2.47. The number of aromatic nitrogens is 1. The minimum atomic E-state index is 0.285. The highest BCUT2D eigenvalue weighted by molar-refractivity contribution is 5.10. The Morgan fingerprint density at radius 2 is 2.06 bits per heavy atom. The van der Waals surface area contributed by atoms with Crippen LogP contribution in [0.5, 0.6) is 0 Å². The van der Waals surface area contributed by atoms with Gasteiger partial charge in [-0.05, 0) is 43.5 Å². The Bertz CT molecular complexity index is 338. The lowest BCUT2D eigenvalue weighted by Crippen LogP contribution is -2.42. The van der Waals surface area contributed by atoms with Gasteiger partial charge in [-0.25, -0.2) is 0 Å². The molecular weight excluding hydrogens is 210 g/mol. The summed E-state index contributed by atoms with van der Waals surface area (Å²) in [6.45, 7) is 7.61. The average molecular weight is 233 g/mol. The van der Waals surface area contributed by atoms with Crippen LogP contribution in [0.15, 0.2) is 24.4 Å². The SMILES string of the molecule is CC1(C)CCN(C(CN)c2ccccn2)CC1. The van der Waals surface area contributed by atoms with Gasteiger partial charge < -0.3 is 5.73 Å². The van der Waals surface area contributed by atoms with E-state index in [2.05, 4.69) is 29.8 Å².